The fraction of sp³-hybridized carbons (Fsp3) is 0.381. The number of hydrogen-bond donors (Lipinski definition) is 1. The number of nitro benzene ring substituents is 1. The van der Waals surface area contributed by atoms with Crippen LogP contribution in [0.25, 0.3) is 0 Å². The molecule has 0 aliphatic carbocycles. The Kier molecular flexibility index (Phi) is 7.31. The second-order valence-corrected chi connectivity index (χ2v) is 9.23. The average molecular weight is 464 g/mol. The van der Waals surface area contributed by atoms with Gasteiger partial charge in [0.2, 0.25) is 10.0 Å². The molecule has 3 rings (SSSR count). The highest BCUT2D eigenvalue weighted by Crippen LogP contribution is 2.31. The Morgan fingerprint density at radius 1 is 1.16 bits per heavy atom. The third-order valence-corrected chi connectivity index (χ3v) is 7.11. The van der Waals surface area contributed by atoms with Crippen LogP contribution in [0, 0.1) is 17.0 Å². The first-order chi connectivity index (χ1) is 15.2. The van der Waals surface area contributed by atoms with Crippen molar-refractivity contribution in [3.05, 3.63) is 52.1 Å². The summed E-state index contributed by atoms with van der Waals surface area (Å²) in [5, 5.41) is 13.6. The molecule has 0 bridgehead atoms. The van der Waals surface area contributed by atoms with Crippen molar-refractivity contribution in [2.24, 2.45) is 0 Å². The zero-order valence-corrected chi connectivity index (χ0v) is 18.7. The number of rotatable bonds is 8. The highest BCUT2D eigenvalue weighted by molar-refractivity contribution is 7.89. The van der Waals surface area contributed by atoms with E-state index in [1.54, 1.807) is 0 Å². The Hall–Kier alpha value is -3.18. The molecule has 0 spiro atoms. The van der Waals surface area contributed by atoms with Gasteiger partial charge in [0, 0.05) is 24.8 Å². The van der Waals surface area contributed by atoms with Gasteiger partial charge in [0.15, 0.2) is 6.61 Å². The first-order valence-electron chi connectivity index (χ1n) is 10.1. The maximum Gasteiger partial charge on any atom is 0.276 e. The van der Waals surface area contributed by atoms with Crippen LogP contribution in [0.15, 0.2) is 41.3 Å². The van der Waals surface area contributed by atoms with E-state index in [4.69, 9.17) is 9.47 Å². The molecule has 1 N–H and O–H groups in total. The largest absolute Gasteiger partial charge is 0.495 e. The molecule has 1 aliphatic heterocycles. The fourth-order valence-corrected chi connectivity index (χ4v) is 5.20. The van der Waals surface area contributed by atoms with Crippen LogP contribution < -0.4 is 14.8 Å². The number of hydrogen-bond acceptors (Lipinski definition) is 7. The van der Waals surface area contributed by atoms with E-state index < -0.39 is 27.5 Å². The minimum Gasteiger partial charge on any atom is -0.495 e. The lowest BCUT2D eigenvalue weighted by atomic mass is 10.2. The summed E-state index contributed by atoms with van der Waals surface area (Å²) in [4.78, 5) is 22.9. The quantitative estimate of drug-likeness (QED) is 0.470. The maximum absolute atomic E-state index is 13.1. The molecule has 1 saturated heterocycles. The van der Waals surface area contributed by atoms with Gasteiger partial charge in [-0.3, -0.25) is 14.9 Å². The van der Waals surface area contributed by atoms with Crippen LogP contribution in [0.3, 0.4) is 0 Å². The van der Waals surface area contributed by atoms with E-state index >= 15 is 0 Å². The number of nitrogens with one attached hydrogen (secondary N) is 1. The SMILES string of the molecule is COc1ccc(NC(=O)COc2cccc([N+](=O)[O-])c2C)cc1S(=O)(=O)N1CCCCC1. The molecule has 0 radical (unpaired) electrons. The van der Waals surface area contributed by atoms with Gasteiger partial charge in [0.1, 0.15) is 16.4 Å². The lowest BCUT2D eigenvalue weighted by Gasteiger charge is -2.26. The Labute approximate surface area is 186 Å². The van der Waals surface area contributed by atoms with Gasteiger partial charge in [-0.2, -0.15) is 4.31 Å². The zero-order valence-electron chi connectivity index (χ0n) is 17.9. The Morgan fingerprint density at radius 3 is 2.53 bits per heavy atom. The number of amides is 1. The number of piperidine rings is 1. The molecule has 0 atom stereocenters. The van der Waals surface area contributed by atoms with Gasteiger partial charge in [-0.05, 0) is 44.0 Å². The molecule has 1 amide bonds. The molecule has 2 aromatic rings. The van der Waals surface area contributed by atoms with Crippen molar-refractivity contribution in [1.29, 1.82) is 0 Å². The van der Waals surface area contributed by atoms with E-state index in [9.17, 15) is 23.3 Å². The van der Waals surface area contributed by atoms with Crippen LogP contribution in [-0.4, -0.2) is 50.4 Å². The van der Waals surface area contributed by atoms with Gasteiger partial charge >= 0.3 is 0 Å². The number of nitrogens with zero attached hydrogens (tertiary/aromatic N) is 2. The predicted octanol–water partition coefficient (Wildman–Crippen LogP) is 3.10. The summed E-state index contributed by atoms with van der Waals surface area (Å²) in [6, 6.07) is 8.73. The van der Waals surface area contributed by atoms with E-state index in [1.165, 1.54) is 54.7 Å². The van der Waals surface area contributed by atoms with Crippen molar-refractivity contribution in [1.82, 2.24) is 4.31 Å². The van der Waals surface area contributed by atoms with Crippen molar-refractivity contribution >= 4 is 27.3 Å². The molecule has 32 heavy (non-hydrogen) atoms. The summed E-state index contributed by atoms with van der Waals surface area (Å²) in [6.07, 6.45) is 2.59. The Balaban J connectivity index is 1.74. The third kappa shape index (κ3) is 5.17. The van der Waals surface area contributed by atoms with Crippen LogP contribution in [-0.2, 0) is 14.8 Å². The van der Waals surface area contributed by atoms with Gasteiger partial charge in [-0.25, -0.2) is 8.42 Å². The molecule has 1 fully saturated rings. The summed E-state index contributed by atoms with van der Waals surface area (Å²) in [5.41, 5.74) is 0.473. The standard InChI is InChI=1S/C21H25N3O7S/c1-15-17(24(26)27)7-6-8-18(15)31-14-21(25)22-16-9-10-19(30-2)20(13-16)32(28,29)23-11-4-3-5-12-23/h6-10,13H,3-5,11-12,14H2,1-2H3,(H,22,25). The zero-order chi connectivity index (χ0) is 23.3. The van der Waals surface area contributed by atoms with Crippen LogP contribution in [0.5, 0.6) is 11.5 Å². The van der Waals surface area contributed by atoms with Gasteiger partial charge in [-0.15, -0.1) is 0 Å². The van der Waals surface area contributed by atoms with Gasteiger partial charge < -0.3 is 14.8 Å². The molecule has 1 heterocycles. The number of anilines is 1. The van der Waals surface area contributed by atoms with E-state index in [2.05, 4.69) is 5.32 Å². The molecular weight excluding hydrogens is 438 g/mol. The van der Waals surface area contributed by atoms with E-state index in [0.29, 0.717) is 18.7 Å². The van der Waals surface area contributed by atoms with Crippen molar-refractivity contribution in [3.8, 4) is 11.5 Å². The summed E-state index contributed by atoms with van der Waals surface area (Å²) in [6.45, 7) is 2.02. The molecule has 0 saturated carbocycles. The molecular formula is C21H25N3O7S. The van der Waals surface area contributed by atoms with E-state index in [1.807, 2.05) is 0 Å². The molecule has 1 aliphatic rings. The first kappa shape index (κ1) is 23.5. The van der Waals surface area contributed by atoms with Gasteiger partial charge in [-0.1, -0.05) is 12.5 Å². The number of nitro groups is 1. The van der Waals surface area contributed by atoms with E-state index in [0.717, 1.165) is 19.3 Å². The lowest BCUT2D eigenvalue weighted by molar-refractivity contribution is -0.385. The predicted molar refractivity (Wildman–Crippen MR) is 118 cm³/mol. The number of methoxy groups -OCH3 is 1. The van der Waals surface area contributed by atoms with Gasteiger partial charge in [0.05, 0.1) is 17.6 Å². The van der Waals surface area contributed by atoms with Crippen molar-refractivity contribution < 1.29 is 27.6 Å². The Bertz CT molecular complexity index is 1110. The molecule has 10 nitrogen and oxygen atoms in total. The summed E-state index contributed by atoms with van der Waals surface area (Å²) < 4.78 is 38.3. The third-order valence-electron chi connectivity index (χ3n) is 5.19. The monoisotopic (exact) mass is 463 g/mol. The normalized spacial score (nSPS) is 14.6. The number of carbonyl (C=O) groups is 1. The van der Waals surface area contributed by atoms with Crippen LogP contribution in [0.2, 0.25) is 0 Å². The smallest absolute Gasteiger partial charge is 0.276 e. The number of carbonyl (C=O) groups excluding carboxylic acids is 1. The minimum absolute atomic E-state index is 0.0184. The van der Waals surface area contributed by atoms with Crippen molar-refractivity contribution in [2.45, 2.75) is 31.1 Å². The van der Waals surface area contributed by atoms with Crippen LogP contribution in [0.1, 0.15) is 24.8 Å². The first-order valence-corrected chi connectivity index (χ1v) is 11.5. The average Bonchev–Trinajstić information content (AvgIpc) is 2.78. The number of benzene rings is 2. The van der Waals surface area contributed by atoms with Crippen molar-refractivity contribution in [3.63, 3.8) is 0 Å². The molecule has 172 valence electrons. The summed E-state index contributed by atoms with van der Waals surface area (Å²) >= 11 is 0. The highest BCUT2D eigenvalue weighted by atomic mass is 32.2. The fourth-order valence-electron chi connectivity index (χ4n) is 3.50. The Morgan fingerprint density at radius 2 is 1.88 bits per heavy atom. The molecule has 0 unspecified atom stereocenters. The lowest BCUT2D eigenvalue weighted by Crippen LogP contribution is -2.35. The highest BCUT2D eigenvalue weighted by Gasteiger charge is 2.29. The maximum atomic E-state index is 13.1. The number of ether oxygens (including phenoxy) is 2. The summed E-state index contributed by atoms with van der Waals surface area (Å²) in [5.74, 6) is -0.128. The second kappa shape index (κ2) is 9.96. The van der Waals surface area contributed by atoms with Crippen LogP contribution >= 0.6 is 0 Å². The second-order valence-electron chi connectivity index (χ2n) is 7.32. The molecule has 0 aromatic heterocycles. The van der Waals surface area contributed by atoms with Gasteiger partial charge in [0.25, 0.3) is 11.6 Å². The van der Waals surface area contributed by atoms with Crippen LogP contribution in [0.4, 0.5) is 11.4 Å². The number of sulfonamides is 1. The van der Waals surface area contributed by atoms with E-state index in [-0.39, 0.29) is 27.8 Å². The minimum atomic E-state index is -3.77. The topological polar surface area (TPSA) is 128 Å². The molecule has 2 aromatic carbocycles. The van der Waals surface area contributed by atoms with Crippen molar-refractivity contribution in [2.75, 3.05) is 32.1 Å². The molecule has 11 heteroatoms. The summed E-state index contributed by atoms with van der Waals surface area (Å²) in [7, 11) is -2.39.